The fraction of sp³-hybridized carbons (Fsp3) is 0.400. The van der Waals surface area contributed by atoms with Crippen molar-refractivity contribution < 1.29 is 9.53 Å². The monoisotopic (exact) mass is 230 g/mol. The number of rotatable bonds is 7. The lowest BCUT2D eigenvalue weighted by Gasteiger charge is -2.05. The first-order valence-electron chi connectivity index (χ1n) is 5.97. The molecule has 0 N–H and O–H groups in total. The lowest BCUT2D eigenvalue weighted by atomic mass is 10.1. The molecule has 0 radical (unpaired) electrons. The molecule has 0 fully saturated rings. The molecule has 0 unspecified atom stereocenters. The Balaban J connectivity index is 2.50. The van der Waals surface area contributed by atoms with E-state index in [0.29, 0.717) is 18.4 Å². The Morgan fingerprint density at radius 1 is 1.35 bits per heavy atom. The van der Waals surface area contributed by atoms with Crippen LogP contribution in [-0.4, -0.2) is 12.4 Å². The van der Waals surface area contributed by atoms with Crippen molar-refractivity contribution in [3.05, 3.63) is 29.8 Å². The highest BCUT2D eigenvalue weighted by Gasteiger charge is 2.04. The van der Waals surface area contributed by atoms with Gasteiger partial charge in [-0.25, -0.2) is 0 Å². The lowest BCUT2D eigenvalue weighted by molar-refractivity contribution is 0.0984. The molecule has 0 heterocycles. The van der Waals surface area contributed by atoms with Crippen LogP contribution in [0.3, 0.4) is 0 Å². The first-order valence-corrected chi connectivity index (χ1v) is 5.97. The second-order valence-corrected chi connectivity index (χ2v) is 3.85. The molecule has 2 nitrogen and oxygen atoms in total. The molecule has 1 aromatic rings. The molecular weight excluding hydrogens is 212 g/mol. The molecule has 0 bridgehead atoms. The number of ketones is 1. The average Bonchev–Trinajstić information content (AvgIpc) is 2.37. The number of benzene rings is 1. The molecule has 0 saturated heterocycles. The molecule has 90 valence electrons. The molecule has 1 aromatic carbocycles. The van der Waals surface area contributed by atoms with Gasteiger partial charge >= 0.3 is 0 Å². The number of hydrogen-bond donors (Lipinski definition) is 0. The van der Waals surface area contributed by atoms with Gasteiger partial charge in [0.15, 0.2) is 5.78 Å². The van der Waals surface area contributed by atoms with Crippen LogP contribution in [0.5, 0.6) is 5.75 Å². The van der Waals surface area contributed by atoms with E-state index >= 15 is 0 Å². The van der Waals surface area contributed by atoms with Gasteiger partial charge in [0.05, 0.1) is 6.61 Å². The fourth-order valence-electron chi connectivity index (χ4n) is 1.40. The Morgan fingerprint density at radius 2 is 2.06 bits per heavy atom. The van der Waals surface area contributed by atoms with Crippen molar-refractivity contribution in [1.29, 1.82) is 0 Å². The Morgan fingerprint density at radius 3 is 2.65 bits per heavy atom. The van der Waals surface area contributed by atoms with Gasteiger partial charge in [0.1, 0.15) is 5.75 Å². The quantitative estimate of drug-likeness (QED) is 0.407. The van der Waals surface area contributed by atoms with Crippen molar-refractivity contribution in [1.82, 2.24) is 0 Å². The van der Waals surface area contributed by atoms with E-state index < -0.39 is 0 Å². The summed E-state index contributed by atoms with van der Waals surface area (Å²) >= 11 is 0. The minimum absolute atomic E-state index is 0.0862. The summed E-state index contributed by atoms with van der Waals surface area (Å²) in [6.45, 7) is 2.84. The molecule has 0 spiro atoms. The Kier molecular flexibility index (Phi) is 5.88. The van der Waals surface area contributed by atoms with Crippen LogP contribution in [0, 0.1) is 12.3 Å². The summed E-state index contributed by atoms with van der Waals surface area (Å²) in [5.41, 5.74) is 0.697. The standard InChI is InChI=1S/C15H18O2/c1-3-5-7-15(16)13-8-10-14(11-9-13)17-12-6-4-2/h1,8-11H,4-7,12H2,2H3. The van der Waals surface area contributed by atoms with Crippen LogP contribution in [-0.2, 0) is 0 Å². The molecule has 2 heteroatoms. The molecule has 17 heavy (non-hydrogen) atoms. The van der Waals surface area contributed by atoms with Gasteiger partial charge in [-0.2, -0.15) is 0 Å². The van der Waals surface area contributed by atoms with E-state index in [2.05, 4.69) is 12.8 Å². The van der Waals surface area contributed by atoms with Gasteiger partial charge in [-0.15, -0.1) is 12.3 Å². The normalized spacial score (nSPS) is 9.65. The maximum absolute atomic E-state index is 11.6. The van der Waals surface area contributed by atoms with Crippen molar-refractivity contribution in [3.63, 3.8) is 0 Å². The SMILES string of the molecule is C#CCCC(=O)c1ccc(OCCCC)cc1. The number of unbranched alkanes of at least 4 members (excludes halogenated alkanes) is 1. The van der Waals surface area contributed by atoms with E-state index in [1.807, 2.05) is 12.1 Å². The van der Waals surface area contributed by atoms with Crippen LogP contribution in [0.15, 0.2) is 24.3 Å². The highest BCUT2D eigenvalue weighted by atomic mass is 16.5. The van der Waals surface area contributed by atoms with Gasteiger partial charge < -0.3 is 4.74 Å². The Labute approximate surface area is 103 Å². The summed E-state index contributed by atoms with van der Waals surface area (Å²) in [7, 11) is 0. The number of hydrogen-bond acceptors (Lipinski definition) is 2. The van der Waals surface area contributed by atoms with Gasteiger partial charge in [-0.1, -0.05) is 13.3 Å². The van der Waals surface area contributed by atoms with Crippen LogP contribution >= 0.6 is 0 Å². The van der Waals surface area contributed by atoms with Crippen molar-refractivity contribution in [3.8, 4) is 18.1 Å². The third-order valence-electron chi connectivity index (χ3n) is 2.44. The van der Waals surface area contributed by atoms with Crippen molar-refractivity contribution in [2.24, 2.45) is 0 Å². The predicted molar refractivity (Wildman–Crippen MR) is 69.2 cm³/mol. The van der Waals surface area contributed by atoms with E-state index in [1.54, 1.807) is 12.1 Å². The lowest BCUT2D eigenvalue weighted by Crippen LogP contribution is -2.00. The number of carbonyl (C=O) groups excluding carboxylic acids is 1. The molecule has 0 amide bonds. The zero-order chi connectivity index (χ0) is 12.5. The summed E-state index contributed by atoms with van der Waals surface area (Å²) in [5.74, 6) is 3.37. The van der Waals surface area contributed by atoms with Gasteiger partial charge in [-0.3, -0.25) is 4.79 Å². The van der Waals surface area contributed by atoms with Crippen LogP contribution < -0.4 is 4.74 Å². The van der Waals surface area contributed by atoms with Crippen LogP contribution in [0.25, 0.3) is 0 Å². The van der Waals surface area contributed by atoms with E-state index in [-0.39, 0.29) is 5.78 Å². The maximum atomic E-state index is 11.6. The summed E-state index contributed by atoms with van der Waals surface area (Å²) in [6, 6.07) is 7.25. The minimum Gasteiger partial charge on any atom is -0.494 e. The van der Waals surface area contributed by atoms with Crippen molar-refractivity contribution in [2.45, 2.75) is 32.6 Å². The topological polar surface area (TPSA) is 26.3 Å². The van der Waals surface area contributed by atoms with Gasteiger partial charge in [-0.05, 0) is 30.7 Å². The molecule has 0 aliphatic rings. The second-order valence-electron chi connectivity index (χ2n) is 3.85. The van der Waals surface area contributed by atoms with Gasteiger partial charge in [0, 0.05) is 18.4 Å². The predicted octanol–water partition coefficient (Wildman–Crippen LogP) is 3.46. The number of Topliss-reactive ketones (excluding diaryl/α,β-unsaturated/α-hetero) is 1. The molecule has 1 rings (SSSR count). The highest BCUT2D eigenvalue weighted by molar-refractivity contribution is 5.96. The maximum Gasteiger partial charge on any atom is 0.163 e. The minimum atomic E-state index is 0.0862. The summed E-state index contributed by atoms with van der Waals surface area (Å²) in [5, 5.41) is 0. The zero-order valence-corrected chi connectivity index (χ0v) is 10.2. The third kappa shape index (κ3) is 4.74. The van der Waals surface area contributed by atoms with Gasteiger partial charge in [0.25, 0.3) is 0 Å². The Bertz CT molecular complexity index is 384. The first-order chi connectivity index (χ1) is 8.27. The van der Waals surface area contributed by atoms with Gasteiger partial charge in [0.2, 0.25) is 0 Å². The van der Waals surface area contributed by atoms with Crippen LogP contribution in [0.4, 0.5) is 0 Å². The van der Waals surface area contributed by atoms with E-state index in [1.165, 1.54) is 0 Å². The Hall–Kier alpha value is -1.75. The van der Waals surface area contributed by atoms with Crippen LogP contribution in [0.1, 0.15) is 43.0 Å². The largest absolute Gasteiger partial charge is 0.494 e. The molecule has 0 aliphatic carbocycles. The first kappa shape index (κ1) is 13.3. The molecule has 0 saturated carbocycles. The molecule has 0 aromatic heterocycles. The van der Waals surface area contributed by atoms with Crippen molar-refractivity contribution in [2.75, 3.05) is 6.61 Å². The highest BCUT2D eigenvalue weighted by Crippen LogP contribution is 2.14. The van der Waals surface area contributed by atoms with E-state index in [0.717, 1.165) is 25.2 Å². The van der Waals surface area contributed by atoms with Crippen molar-refractivity contribution >= 4 is 5.78 Å². The molecular formula is C15H18O2. The fourth-order valence-corrected chi connectivity index (χ4v) is 1.40. The summed E-state index contributed by atoms with van der Waals surface area (Å²) in [6.07, 6.45) is 8.19. The summed E-state index contributed by atoms with van der Waals surface area (Å²) in [4.78, 5) is 11.6. The van der Waals surface area contributed by atoms with Crippen LogP contribution in [0.2, 0.25) is 0 Å². The zero-order valence-electron chi connectivity index (χ0n) is 10.2. The number of carbonyl (C=O) groups is 1. The molecule has 0 aliphatic heterocycles. The summed E-state index contributed by atoms with van der Waals surface area (Å²) < 4.78 is 5.52. The van der Waals surface area contributed by atoms with E-state index in [4.69, 9.17) is 11.2 Å². The van der Waals surface area contributed by atoms with E-state index in [9.17, 15) is 4.79 Å². The smallest absolute Gasteiger partial charge is 0.163 e. The number of ether oxygens (including phenoxy) is 1. The number of terminal acetylenes is 1. The second kappa shape index (κ2) is 7.51. The average molecular weight is 230 g/mol. The third-order valence-corrected chi connectivity index (χ3v) is 2.44. The molecule has 0 atom stereocenters.